The van der Waals surface area contributed by atoms with E-state index in [0.29, 0.717) is 0 Å². The Hall–Kier alpha value is -2.77. The van der Waals surface area contributed by atoms with Gasteiger partial charge in [-0.15, -0.1) is 0 Å². The second-order valence-corrected chi connectivity index (χ2v) is 8.09. The summed E-state index contributed by atoms with van der Waals surface area (Å²) in [5.41, 5.74) is 2.91. The molecule has 0 aromatic heterocycles. The molecule has 5 aromatic rings. The Kier molecular flexibility index (Phi) is 2.97. The Morgan fingerprint density at radius 2 is 1.31 bits per heavy atom. The normalized spacial score (nSPS) is 13.1. The lowest BCUT2D eigenvalue weighted by molar-refractivity contribution is 1.07. The third-order valence-electron chi connectivity index (χ3n) is 5.51. The first-order valence-electron chi connectivity index (χ1n) is 9.00. The maximum Gasteiger partial charge on any atom is 0.0164 e. The molecule has 1 heteroatoms. The predicted octanol–water partition coefficient (Wildman–Crippen LogP) is 7.20. The van der Waals surface area contributed by atoms with Crippen LogP contribution in [0, 0.1) is 0 Å². The van der Waals surface area contributed by atoms with Gasteiger partial charge in [0.2, 0.25) is 0 Å². The van der Waals surface area contributed by atoms with Gasteiger partial charge in [-0.05, 0) is 67.7 Å². The second-order valence-electron chi connectivity index (χ2n) is 7.01. The standard InChI is InChI=1S/C25H16S/c1-2-6-17-14-22-18(13-16(17)5-1)9-10-21-20(22)11-12-25-23(21)15-19-7-3-4-8-24(19)26-25/h1-14H,15H2. The molecular weight excluding hydrogens is 332 g/mol. The van der Waals surface area contributed by atoms with Crippen molar-refractivity contribution in [3.05, 3.63) is 96.1 Å². The fraction of sp³-hybridized carbons (Fsp3) is 0.0400. The van der Waals surface area contributed by atoms with Crippen molar-refractivity contribution in [3.8, 4) is 0 Å². The number of hydrogen-bond donors (Lipinski definition) is 0. The van der Waals surface area contributed by atoms with Gasteiger partial charge in [0.15, 0.2) is 0 Å². The van der Waals surface area contributed by atoms with Gasteiger partial charge >= 0.3 is 0 Å². The highest BCUT2D eigenvalue weighted by atomic mass is 32.2. The van der Waals surface area contributed by atoms with E-state index in [4.69, 9.17) is 0 Å². The van der Waals surface area contributed by atoms with Crippen molar-refractivity contribution >= 4 is 44.1 Å². The van der Waals surface area contributed by atoms with Crippen molar-refractivity contribution in [3.63, 3.8) is 0 Å². The van der Waals surface area contributed by atoms with Gasteiger partial charge in [-0.2, -0.15) is 0 Å². The van der Waals surface area contributed by atoms with E-state index in [1.165, 1.54) is 53.2 Å². The van der Waals surface area contributed by atoms with Gasteiger partial charge in [-0.1, -0.05) is 72.4 Å². The molecule has 5 aromatic carbocycles. The third kappa shape index (κ3) is 2.04. The summed E-state index contributed by atoms with van der Waals surface area (Å²) in [4.78, 5) is 2.79. The monoisotopic (exact) mass is 348 g/mol. The fourth-order valence-electron chi connectivity index (χ4n) is 4.21. The van der Waals surface area contributed by atoms with Crippen molar-refractivity contribution in [2.24, 2.45) is 0 Å². The summed E-state index contributed by atoms with van der Waals surface area (Å²) >= 11 is 1.91. The minimum atomic E-state index is 1.02. The Morgan fingerprint density at radius 3 is 2.23 bits per heavy atom. The zero-order valence-electron chi connectivity index (χ0n) is 14.2. The van der Waals surface area contributed by atoms with Crippen LogP contribution in [0.3, 0.4) is 0 Å². The molecule has 0 radical (unpaired) electrons. The summed E-state index contributed by atoms with van der Waals surface area (Å²) in [5.74, 6) is 0. The average Bonchev–Trinajstić information content (AvgIpc) is 2.70. The van der Waals surface area contributed by atoms with Crippen LogP contribution in [0.2, 0.25) is 0 Å². The van der Waals surface area contributed by atoms with Crippen LogP contribution in [0.25, 0.3) is 32.3 Å². The summed E-state index contributed by atoms with van der Waals surface area (Å²) in [6, 6.07) is 31.3. The first-order chi connectivity index (χ1) is 12.9. The van der Waals surface area contributed by atoms with E-state index in [2.05, 4.69) is 84.9 Å². The second kappa shape index (κ2) is 5.36. The van der Waals surface area contributed by atoms with E-state index >= 15 is 0 Å². The molecule has 1 heterocycles. The van der Waals surface area contributed by atoms with E-state index in [-0.39, 0.29) is 0 Å². The number of hydrogen-bond acceptors (Lipinski definition) is 1. The zero-order chi connectivity index (χ0) is 17.1. The molecule has 0 bridgehead atoms. The summed E-state index contributed by atoms with van der Waals surface area (Å²) in [7, 11) is 0. The van der Waals surface area contributed by atoms with Crippen molar-refractivity contribution in [1.29, 1.82) is 0 Å². The lowest BCUT2D eigenvalue weighted by atomic mass is 9.93. The molecule has 0 aliphatic carbocycles. The molecular formula is C25H16S. The molecule has 6 rings (SSSR count). The minimum absolute atomic E-state index is 1.02. The highest BCUT2D eigenvalue weighted by Gasteiger charge is 2.18. The minimum Gasteiger partial charge on any atom is -0.0895 e. The van der Waals surface area contributed by atoms with Crippen LogP contribution >= 0.6 is 11.8 Å². The number of fused-ring (bicyclic) bond motifs is 7. The molecule has 0 saturated heterocycles. The Balaban J connectivity index is 1.66. The molecule has 0 fully saturated rings. The largest absolute Gasteiger partial charge is 0.0895 e. The average molecular weight is 348 g/mol. The van der Waals surface area contributed by atoms with Crippen molar-refractivity contribution in [2.45, 2.75) is 16.2 Å². The van der Waals surface area contributed by atoms with Crippen LogP contribution < -0.4 is 0 Å². The van der Waals surface area contributed by atoms with Gasteiger partial charge < -0.3 is 0 Å². The molecule has 26 heavy (non-hydrogen) atoms. The molecule has 1 aliphatic heterocycles. The number of benzene rings is 5. The van der Waals surface area contributed by atoms with Crippen LogP contribution in [0.5, 0.6) is 0 Å². The van der Waals surface area contributed by atoms with Crippen LogP contribution in [-0.2, 0) is 6.42 Å². The van der Waals surface area contributed by atoms with Gasteiger partial charge in [-0.3, -0.25) is 0 Å². The van der Waals surface area contributed by atoms with Gasteiger partial charge in [-0.25, -0.2) is 0 Å². The molecule has 0 unspecified atom stereocenters. The lowest BCUT2D eigenvalue weighted by Gasteiger charge is -2.21. The zero-order valence-corrected chi connectivity index (χ0v) is 15.0. The first-order valence-corrected chi connectivity index (χ1v) is 9.81. The van der Waals surface area contributed by atoms with Gasteiger partial charge in [0.25, 0.3) is 0 Å². The van der Waals surface area contributed by atoms with Gasteiger partial charge in [0, 0.05) is 16.2 Å². The van der Waals surface area contributed by atoms with E-state index in [1.54, 1.807) is 0 Å². The van der Waals surface area contributed by atoms with E-state index < -0.39 is 0 Å². The van der Waals surface area contributed by atoms with Crippen molar-refractivity contribution < 1.29 is 0 Å². The van der Waals surface area contributed by atoms with Gasteiger partial charge in [0.1, 0.15) is 0 Å². The summed E-state index contributed by atoms with van der Waals surface area (Å²) in [5, 5.41) is 8.05. The van der Waals surface area contributed by atoms with Gasteiger partial charge in [0.05, 0.1) is 0 Å². The summed E-state index contributed by atoms with van der Waals surface area (Å²) < 4.78 is 0. The van der Waals surface area contributed by atoms with Crippen LogP contribution in [-0.4, -0.2) is 0 Å². The van der Waals surface area contributed by atoms with Crippen LogP contribution in [0.1, 0.15) is 11.1 Å². The molecule has 0 amide bonds. The quantitative estimate of drug-likeness (QED) is 0.206. The Labute approximate surface area is 156 Å². The smallest absolute Gasteiger partial charge is 0.0164 e. The molecule has 1 aliphatic rings. The Bertz CT molecular complexity index is 1330. The highest BCUT2D eigenvalue weighted by Crippen LogP contribution is 2.43. The molecule has 0 N–H and O–H groups in total. The third-order valence-corrected chi connectivity index (χ3v) is 6.73. The predicted molar refractivity (Wildman–Crippen MR) is 112 cm³/mol. The topological polar surface area (TPSA) is 0 Å². The fourth-order valence-corrected chi connectivity index (χ4v) is 5.30. The van der Waals surface area contributed by atoms with Crippen LogP contribution in [0.4, 0.5) is 0 Å². The molecule has 0 saturated carbocycles. The van der Waals surface area contributed by atoms with Crippen LogP contribution in [0.15, 0.2) is 94.7 Å². The number of rotatable bonds is 0. The Morgan fingerprint density at radius 1 is 0.538 bits per heavy atom. The molecule has 0 spiro atoms. The maximum atomic E-state index is 2.35. The summed E-state index contributed by atoms with van der Waals surface area (Å²) in [6.07, 6.45) is 1.02. The van der Waals surface area contributed by atoms with Crippen molar-refractivity contribution in [1.82, 2.24) is 0 Å². The van der Waals surface area contributed by atoms with Crippen molar-refractivity contribution in [2.75, 3.05) is 0 Å². The lowest BCUT2D eigenvalue weighted by Crippen LogP contribution is -2.00. The van der Waals surface area contributed by atoms with E-state index in [1.807, 2.05) is 11.8 Å². The SMILES string of the molecule is c1ccc2c(c1)Cc1c(ccc3c1ccc1cc4ccccc4cc13)S2. The first kappa shape index (κ1) is 14.4. The van der Waals surface area contributed by atoms with E-state index in [0.717, 1.165) is 6.42 Å². The highest BCUT2D eigenvalue weighted by molar-refractivity contribution is 7.99. The van der Waals surface area contributed by atoms with E-state index in [9.17, 15) is 0 Å². The molecule has 122 valence electrons. The molecule has 0 atom stereocenters. The molecule has 0 nitrogen and oxygen atoms in total. The maximum absolute atomic E-state index is 2.35. The summed E-state index contributed by atoms with van der Waals surface area (Å²) in [6.45, 7) is 0.